The molecule has 0 saturated carbocycles. The van der Waals surface area contributed by atoms with Crippen LogP contribution in [0.1, 0.15) is 63.2 Å². The molecule has 1 aromatic rings. The lowest BCUT2D eigenvalue weighted by Gasteiger charge is -2.27. The average molecular weight is 518 g/mol. The van der Waals surface area contributed by atoms with Gasteiger partial charge in [-0.05, 0) is 83.4 Å². The fourth-order valence-electron chi connectivity index (χ4n) is 4.38. The molecule has 2 N–H and O–H groups in total. The fourth-order valence-corrected chi connectivity index (χ4v) is 4.38. The van der Waals surface area contributed by atoms with Crippen molar-refractivity contribution in [1.82, 2.24) is 20.4 Å². The number of rotatable bonds is 10. The van der Waals surface area contributed by atoms with Gasteiger partial charge in [-0.3, -0.25) is 9.89 Å². The van der Waals surface area contributed by atoms with Gasteiger partial charge in [-0.25, -0.2) is 0 Å². The minimum atomic E-state index is 0. The van der Waals surface area contributed by atoms with Crippen LogP contribution in [-0.4, -0.2) is 68.6 Å². The van der Waals surface area contributed by atoms with Crippen molar-refractivity contribution in [3.05, 3.63) is 24.2 Å². The molecular weight excluding hydrogens is 477 g/mol. The number of furan rings is 1. The number of aliphatic imine (C=N–C) groups is 1. The van der Waals surface area contributed by atoms with Gasteiger partial charge in [-0.15, -0.1) is 24.0 Å². The van der Waals surface area contributed by atoms with Crippen LogP contribution < -0.4 is 10.6 Å². The Morgan fingerprint density at radius 2 is 1.79 bits per heavy atom. The van der Waals surface area contributed by atoms with Crippen molar-refractivity contribution in [2.45, 2.75) is 57.4 Å². The number of unbranched alkanes of at least 4 members (excludes halogenated alkanes) is 2. The standard InChI is InChI=1S/C22H39N5O.HI/c1-23-22(24-12-4-2-5-13-26-14-6-3-7-15-26)25-19-20(21-11-10-18-28-21)27-16-8-9-17-27;/h10-11,18,20H,2-9,12-17,19H2,1H3,(H2,23,24,25);1H. The number of hydrogen-bond donors (Lipinski definition) is 2. The van der Waals surface area contributed by atoms with E-state index in [-0.39, 0.29) is 30.0 Å². The molecule has 166 valence electrons. The van der Waals surface area contributed by atoms with Gasteiger partial charge in [0.15, 0.2) is 5.96 Å². The summed E-state index contributed by atoms with van der Waals surface area (Å²) in [5.41, 5.74) is 0. The molecule has 3 heterocycles. The van der Waals surface area contributed by atoms with E-state index in [9.17, 15) is 0 Å². The summed E-state index contributed by atoms with van der Waals surface area (Å²) in [6.07, 6.45) is 12.3. The normalized spacial score (nSPS) is 19.7. The SMILES string of the molecule is CN=C(NCCCCCN1CCCCC1)NCC(c1ccco1)N1CCCC1.I. The predicted octanol–water partition coefficient (Wildman–Crippen LogP) is 3.86. The average Bonchev–Trinajstić information content (AvgIpc) is 3.45. The summed E-state index contributed by atoms with van der Waals surface area (Å²) < 4.78 is 5.70. The maximum absolute atomic E-state index is 5.70. The minimum absolute atomic E-state index is 0. The van der Waals surface area contributed by atoms with E-state index in [1.807, 2.05) is 13.1 Å². The number of nitrogens with one attached hydrogen (secondary N) is 2. The molecular formula is C22H40IN5O. The highest BCUT2D eigenvalue weighted by atomic mass is 127. The quantitative estimate of drug-likeness (QED) is 0.214. The molecule has 2 aliphatic rings. The van der Waals surface area contributed by atoms with Crippen molar-refractivity contribution in [1.29, 1.82) is 0 Å². The summed E-state index contributed by atoms with van der Waals surface area (Å²) in [6.45, 7) is 7.99. The van der Waals surface area contributed by atoms with E-state index in [0.717, 1.165) is 37.9 Å². The molecule has 1 atom stereocenters. The van der Waals surface area contributed by atoms with Crippen molar-refractivity contribution >= 4 is 29.9 Å². The molecule has 0 amide bonds. The zero-order valence-corrected chi connectivity index (χ0v) is 20.4. The van der Waals surface area contributed by atoms with Gasteiger partial charge in [0.1, 0.15) is 5.76 Å². The fraction of sp³-hybridized carbons (Fsp3) is 0.773. The first-order chi connectivity index (χ1) is 13.9. The largest absolute Gasteiger partial charge is 0.468 e. The van der Waals surface area contributed by atoms with Crippen LogP contribution >= 0.6 is 24.0 Å². The Bertz CT molecular complexity index is 554. The highest BCUT2D eigenvalue weighted by molar-refractivity contribution is 14.0. The molecule has 0 bridgehead atoms. The van der Waals surface area contributed by atoms with Crippen molar-refractivity contribution in [2.24, 2.45) is 4.99 Å². The summed E-state index contributed by atoms with van der Waals surface area (Å²) >= 11 is 0. The molecule has 2 aliphatic heterocycles. The first-order valence-electron chi connectivity index (χ1n) is 11.3. The number of halogens is 1. The number of likely N-dealkylation sites (tertiary alicyclic amines) is 2. The lowest BCUT2D eigenvalue weighted by atomic mass is 10.1. The molecule has 0 radical (unpaired) electrons. The Hall–Kier alpha value is -0.800. The first-order valence-corrected chi connectivity index (χ1v) is 11.3. The van der Waals surface area contributed by atoms with Gasteiger partial charge in [0.2, 0.25) is 0 Å². The van der Waals surface area contributed by atoms with Crippen molar-refractivity contribution in [3.63, 3.8) is 0 Å². The van der Waals surface area contributed by atoms with Crippen LogP contribution in [0.3, 0.4) is 0 Å². The van der Waals surface area contributed by atoms with Gasteiger partial charge in [-0.1, -0.05) is 12.8 Å². The Balaban J connectivity index is 0.00000300. The van der Waals surface area contributed by atoms with Gasteiger partial charge in [0.05, 0.1) is 12.3 Å². The summed E-state index contributed by atoms with van der Waals surface area (Å²) in [7, 11) is 1.85. The van der Waals surface area contributed by atoms with Gasteiger partial charge in [0.25, 0.3) is 0 Å². The molecule has 0 spiro atoms. The zero-order valence-electron chi connectivity index (χ0n) is 18.1. The van der Waals surface area contributed by atoms with Crippen LogP contribution in [0.15, 0.2) is 27.8 Å². The maximum atomic E-state index is 5.70. The lowest BCUT2D eigenvalue weighted by molar-refractivity contribution is 0.215. The van der Waals surface area contributed by atoms with Gasteiger partial charge >= 0.3 is 0 Å². The van der Waals surface area contributed by atoms with Crippen molar-refractivity contribution in [2.75, 3.05) is 52.9 Å². The molecule has 0 aliphatic carbocycles. The Morgan fingerprint density at radius 3 is 2.48 bits per heavy atom. The van der Waals surface area contributed by atoms with Crippen LogP contribution in [0, 0.1) is 0 Å². The second-order valence-corrected chi connectivity index (χ2v) is 8.12. The molecule has 1 aromatic heterocycles. The number of hydrogen-bond acceptors (Lipinski definition) is 4. The van der Waals surface area contributed by atoms with E-state index in [2.05, 4.69) is 31.5 Å². The monoisotopic (exact) mass is 517 g/mol. The number of piperidine rings is 1. The minimum Gasteiger partial charge on any atom is -0.468 e. The van der Waals surface area contributed by atoms with E-state index in [1.165, 1.54) is 71.0 Å². The molecule has 3 rings (SSSR count). The van der Waals surface area contributed by atoms with E-state index >= 15 is 0 Å². The second kappa shape index (κ2) is 14.2. The van der Waals surface area contributed by atoms with E-state index in [4.69, 9.17) is 4.42 Å². The van der Waals surface area contributed by atoms with Crippen LogP contribution in [-0.2, 0) is 0 Å². The maximum Gasteiger partial charge on any atom is 0.191 e. The highest BCUT2D eigenvalue weighted by Crippen LogP contribution is 2.24. The molecule has 29 heavy (non-hydrogen) atoms. The third-order valence-electron chi connectivity index (χ3n) is 6.03. The van der Waals surface area contributed by atoms with Gasteiger partial charge in [-0.2, -0.15) is 0 Å². The van der Waals surface area contributed by atoms with Crippen LogP contribution in [0.25, 0.3) is 0 Å². The summed E-state index contributed by atoms with van der Waals surface area (Å²) in [6, 6.07) is 4.35. The lowest BCUT2D eigenvalue weighted by Crippen LogP contribution is -2.42. The van der Waals surface area contributed by atoms with Gasteiger partial charge in [0, 0.05) is 20.1 Å². The van der Waals surface area contributed by atoms with E-state index in [1.54, 1.807) is 6.26 Å². The number of guanidine groups is 1. The second-order valence-electron chi connectivity index (χ2n) is 8.12. The van der Waals surface area contributed by atoms with Crippen LogP contribution in [0.4, 0.5) is 0 Å². The van der Waals surface area contributed by atoms with E-state index in [0.29, 0.717) is 0 Å². The van der Waals surface area contributed by atoms with Crippen LogP contribution in [0.5, 0.6) is 0 Å². The van der Waals surface area contributed by atoms with Crippen molar-refractivity contribution in [3.8, 4) is 0 Å². The smallest absolute Gasteiger partial charge is 0.191 e. The van der Waals surface area contributed by atoms with Crippen molar-refractivity contribution < 1.29 is 4.42 Å². The predicted molar refractivity (Wildman–Crippen MR) is 131 cm³/mol. The summed E-state index contributed by atoms with van der Waals surface area (Å²) in [4.78, 5) is 9.54. The van der Waals surface area contributed by atoms with E-state index < -0.39 is 0 Å². The summed E-state index contributed by atoms with van der Waals surface area (Å²) in [5.74, 6) is 1.94. The molecule has 1 unspecified atom stereocenters. The highest BCUT2D eigenvalue weighted by Gasteiger charge is 2.25. The third kappa shape index (κ3) is 8.45. The Kier molecular flexibility index (Phi) is 12.0. The molecule has 0 aromatic carbocycles. The molecule has 2 fully saturated rings. The first kappa shape index (κ1) is 24.5. The molecule has 6 nitrogen and oxygen atoms in total. The summed E-state index contributed by atoms with van der Waals surface area (Å²) in [5, 5.41) is 6.98. The Morgan fingerprint density at radius 1 is 1.03 bits per heavy atom. The topological polar surface area (TPSA) is 56.0 Å². The molecule has 7 heteroatoms. The third-order valence-corrected chi connectivity index (χ3v) is 6.03. The van der Waals surface area contributed by atoms with Crippen LogP contribution in [0.2, 0.25) is 0 Å². The Labute approximate surface area is 193 Å². The zero-order chi connectivity index (χ0) is 19.4. The number of nitrogens with zero attached hydrogens (tertiary/aromatic N) is 3. The molecule has 2 saturated heterocycles. The van der Waals surface area contributed by atoms with Gasteiger partial charge < -0.3 is 20.0 Å².